The van der Waals surface area contributed by atoms with E-state index < -0.39 is 0 Å². The summed E-state index contributed by atoms with van der Waals surface area (Å²) in [5, 5.41) is 6.57. The highest BCUT2D eigenvalue weighted by Gasteiger charge is 2.06. The van der Waals surface area contributed by atoms with Gasteiger partial charge < -0.3 is 10.6 Å². The number of hydrogen-bond acceptors (Lipinski definition) is 4. The summed E-state index contributed by atoms with van der Waals surface area (Å²) in [4.78, 5) is 8.52. The van der Waals surface area contributed by atoms with Gasteiger partial charge in [-0.3, -0.25) is 0 Å². The topological polar surface area (TPSA) is 49.8 Å². The number of halogens is 1. The molecule has 1 aromatic heterocycles. The van der Waals surface area contributed by atoms with E-state index in [1.807, 2.05) is 25.1 Å². The maximum Gasteiger partial charge on any atom is 0.134 e. The Morgan fingerprint density at radius 1 is 1.11 bits per heavy atom. The first-order chi connectivity index (χ1) is 9.22. The summed E-state index contributed by atoms with van der Waals surface area (Å²) in [6.07, 6.45) is 1.58. The lowest BCUT2D eigenvalue weighted by Crippen LogP contribution is -2.08. The van der Waals surface area contributed by atoms with Gasteiger partial charge in [0.1, 0.15) is 18.0 Å². The van der Waals surface area contributed by atoms with Gasteiger partial charge >= 0.3 is 0 Å². The zero-order chi connectivity index (χ0) is 13.7. The van der Waals surface area contributed by atoms with E-state index in [1.54, 1.807) is 6.33 Å². The largest absolute Gasteiger partial charge is 0.370 e. The van der Waals surface area contributed by atoms with E-state index >= 15 is 0 Å². The minimum Gasteiger partial charge on any atom is -0.370 e. The van der Waals surface area contributed by atoms with Gasteiger partial charge in [0.25, 0.3) is 0 Å². The molecule has 2 aromatic rings. The SMILES string of the molecule is CCNc1ncnc(NCc2ccccc2Br)c1C. The highest BCUT2D eigenvalue weighted by atomic mass is 79.9. The van der Waals surface area contributed by atoms with E-state index in [0.717, 1.165) is 34.8 Å². The Labute approximate surface area is 121 Å². The summed E-state index contributed by atoms with van der Waals surface area (Å²) < 4.78 is 1.10. The molecule has 0 atom stereocenters. The van der Waals surface area contributed by atoms with Crippen LogP contribution in [0, 0.1) is 6.92 Å². The Kier molecular flexibility index (Phi) is 4.74. The molecular weight excluding hydrogens is 304 g/mol. The van der Waals surface area contributed by atoms with Crippen LogP contribution in [0.15, 0.2) is 35.1 Å². The van der Waals surface area contributed by atoms with Crippen molar-refractivity contribution < 1.29 is 0 Å². The molecule has 0 aliphatic heterocycles. The highest BCUT2D eigenvalue weighted by molar-refractivity contribution is 9.10. The van der Waals surface area contributed by atoms with Crippen LogP contribution in [0.4, 0.5) is 11.6 Å². The molecule has 0 spiro atoms. The maximum absolute atomic E-state index is 4.29. The van der Waals surface area contributed by atoms with Crippen LogP contribution in [0.25, 0.3) is 0 Å². The van der Waals surface area contributed by atoms with E-state index in [-0.39, 0.29) is 0 Å². The standard InChI is InChI=1S/C14H17BrN4/c1-3-16-13-10(2)14(19-9-18-13)17-8-11-6-4-5-7-12(11)15/h4-7,9H,3,8H2,1-2H3,(H2,16,17,18,19). The predicted molar refractivity (Wildman–Crippen MR) is 82.4 cm³/mol. The van der Waals surface area contributed by atoms with Crippen LogP contribution in [-0.4, -0.2) is 16.5 Å². The summed E-state index contributed by atoms with van der Waals surface area (Å²) in [6, 6.07) is 8.15. The highest BCUT2D eigenvalue weighted by Crippen LogP contribution is 2.21. The lowest BCUT2D eigenvalue weighted by molar-refractivity contribution is 1.04. The minimum atomic E-state index is 0.727. The fraction of sp³-hybridized carbons (Fsp3) is 0.286. The molecular formula is C14H17BrN4. The second-order valence-electron chi connectivity index (χ2n) is 4.17. The second kappa shape index (κ2) is 6.52. The molecule has 4 nitrogen and oxygen atoms in total. The number of hydrogen-bond donors (Lipinski definition) is 2. The first-order valence-electron chi connectivity index (χ1n) is 6.25. The molecule has 1 aromatic carbocycles. The third-order valence-corrected chi connectivity index (χ3v) is 3.61. The molecule has 5 heteroatoms. The molecule has 100 valence electrons. The van der Waals surface area contributed by atoms with E-state index in [1.165, 1.54) is 5.56 Å². The zero-order valence-electron chi connectivity index (χ0n) is 11.1. The van der Waals surface area contributed by atoms with Gasteiger partial charge in [-0.2, -0.15) is 0 Å². The average Bonchev–Trinajstić information content (AvgIpc) is 2.42. The Balaban J connectivity index is 2.12. The van der Waals surface area contributed by atoms with Crippen molar-refractivity contribution in [2.24, 2.45) is 0 Å². The molecule has 0 fully saturated rings. The van der Waals surface area contributed by atoms with Gasteiger partial charge in [0.2, 0.25) is 0 Å². The van der Waals surface area contributed by atoms with Crippen LogP contribution in [0.1, 0.15) is 18.1 Å². The monoisotopic (exact) mass is 320 g/mol. The van der Waals surface area contributed by atoms with Crippen molar-refractivity contribution in [1.29, 1.82) is 0 Å². The smallest absolute Gasteiger partial charge is 0.134 e. The number of aromatic nitrogens is 2. The first kappa shape index (κ1) is 13.8. The van der Waals surface area contributed by atoms with Crippen LogP contribution in [0.3, 0.4) is 0 Å². The molecule has 2 N–H and O–H groups in total. The minimum absolute atomic E-state index is 0.727. The summed E-state index contributed by atoms with van der Waals surface area (Å²) in [5.41, 5.74) is 2.24. The normalized spacial score (nSPS) is 10.3. The van der Waals surface area contributed by atoms with Crippen LogP contribution in [0.2, 0.25) is 0 Å². The molecule has 0 saturated carbocycles. The third-order valence-electron chi connectivity index (χ3n) is 2.83. The van der Waals surface area contributed by atoms with Crippen molar-refractivity contribution in [3.05, 3.63) is 46.2 Å². The molecule has 0 bridgehead atoms. The van der Waals surface area contributed by atoms with Gasteiger partial charge in [-0.1, -0.05) is 34.1 Å². The molecule has 0 radical (unpaired) electrons. The fourth-order valence-corrected chi connectivity index (χ4v) is 2.22. The molecule has 0 aliphatic carbocycles. The Morgan fingerprint density at radius 3 is 2.47 bits per heavy atom. The molecule has 0 aliphatic rings. The van der Waals surface area contributed by atoms with E-state index in [2.05, 4.69) is 49.5 Å². The second-order valence-corrected chi connectivity index (χ2v) is 5.03. The summed E-state index contributed by atoms with van der Waals surface area (Å²) in [7, 11) is 0. The van der Waals surface area contributed by atoms with E-state index in [0.29, 0.717) is 0 Å². The average molecular weight is 321 g/mol. The lowest BCUT2D eigenvalue weighted by atomic mass is 10.2. The van der Waals surface area contributed by atoms with Gasteiger partial charge in [-0.15, -0.1) is 0 Å². The van der Waals surface area contributed by atoms with Crippen LogP contribution in [-0.2, 0) is 6.54 Å². The van der Waals surface area contributed by atoms with Gasteiger partial charge in [-0.25, -0.2) is 9.97 Å². The molecule has 19 heavy (non-hydrogen) atoms. The predicted octanol–water partition coefficient (Wildman–Crippen LogP) is 3.59. The quantitative estimate of drug-likeness (QED) is 0.883. The number of benzene rings is 1. The fourth-order valence-electron chi connectivity index (χ4n) is 1.79. The molecule has 0 unspecified atom stereocenters. The van der Waals surface area contributed by atoms with Gasteiger partial charge in [-0.05, 0) is 25.5 Å². The molecule has 1 heterocycles. The number of nitrogens with zero attached hydrogens (tertiary/aromatic N) is 2. The Bertz CT molecular complexity index is 557. The molecule has 2 rings (SSSR count). The Morgan fingerprint density at radius 2 is 1.79 bits per heavy atom. The van der Waals surface area contributed by atoms with Gasteiger partial charge in [0, 0.05) is 23.1 Å². The van der Waals surface area contributed by atoms with Crippen molar-refractivity contribution >= 4 is 27.6 Å². The summed E-state index contributed by atoms with van der Waals surface area (Å²) in [5.74, 6) is 1.74. The third kappa shape index (κ3) is 3.44. The first-order valence-corrected chi connectivity index (χ1v) is 7.04. The van der Waals surface area contributed by atoms with Gasteiger partial charge in [0.15, 0.2) is 0 Å². The molecule has 0 amide bonds. The van der Waals surface area contributed by atoms with E-state index in [9.17, 15) is 0 Å². The van der Waals surface area contributed by atoms with Crippen molar-refractivity contribution in [3.63, 3.8) is 0 Å². The van der Waals surface area contributed by atoms with Crippen molar-refractivity contribution in [3.8, 4) is 0 Å². The van der Waals surface area contributed by atoms with E-state index in [4.69, 9.17) is 0 Å². The maximum atomic E-state index is 4.29. The lowest BCUT2D eigenvalue weighted by Gasteiger charge is -2.12. The van der Waals surface area contributed by atoms with Crippen molar-refractivity contribution in [2.45, 2.75) is 20.4 Å². The number of anilines is 2. The summed E-state index contributed by atoms with van der Waals surface area (Å²) >= 11 is 3.54. The van der Waals surface area contributed by atoms with Crippen molar-refractivity contribution in [1.82, 2.24) is 9.97 Å². The van der Waals surface area contributed by atoms with Crippen molar-refractivity contribution in [2.75, 3.05) is 17.2 Å². The number of nitrogens with one attached hydrogen (secondary N) is 2. The van der Waals surface area contributed by atoms with Crippen LogP contribution >= 0.6 is 15.9 Å². The Hall–Kier alpha value is -1.62. The van der Waals surface area contributed by atoms with Gasteiger partial charge in [0.05, 0.1) is 0 Å². The number of rotatable bonds is 5. The van der Waals surface area contributed by atoms with Crippen LogP contribution in [0.5, 0.6) is 0 Å². The zero-order valence-corrected chi connectivity index (χ0v) is 12.7. The van der Waals surface area contributed by atoms with Crippen LogP contribution < -0.4 is 10.6 Å². The summed E-state index contributed by atoms with van der Waals surface area (Å²) in [6.45, 7) is 5.64. The molecule has 0 saturated heterocycles.